The second-order valence-corrected chi connectivity index (χ2v) is 5.60. The molecule has 23 heavy (non-hydrogen) atoms. The standard InChI is InChI=1S/C17H16N6/c1-11-8-12(2)16(9-13(11)18)22-6-7-23-17(22)10-15(21-23)14-4-3-5-19-20-14/h3-10H,18H2,1-2H3. The zero-order valence-corrected chi connectivity index (χ0v) is 12.9. The van der Waals surface area contributed by atoms with Gasteiger partial charge in [-0.1, -0.05) is 6.07 Å². The molecule has 0 amide bonds. The van der Waals surface area contributed by atoms with Crippen LogP contribution in [0.4, 0.5) is 5.69 Å². The molecule has 0 aliphatic rings. The molecule has 6 heteroatoms. The van der Waals surface area contributed by atoms with E-state index in [0.29, 0.717) is 0 Å². The molecule has 114 valence electrons. The van der Waals surface area contributed by atoms with Gasteiger partial charge in [0, 0.05) is 30.3 Å². The maximum atomic E-state index is 6.08. The average molecular weight is 304 g/mol. The lowest BCUT2D eigenvalue weighted by molar-refractivity contribution is 0.954. The highest BCUT2D eigenvalue weighted by Gasteiger charge is 2.12. The number of benzene rings is 1. The Morgan fingerprint density at radius 1 is 1.00 bits per heavy atom. The highest BCUT2D eigenvalue weighted by molar-refractivity contribution is 5.65. The molecule has 0 spiro atoms. The van der Waals surface area contributed by atoms with Crippen LogP contribution in [0, 0.1) is 13.8 Å². The monoisotopic (exact) mass is 304 g/mol. The van der Waals surface area contributed by atoms with Gasteiger partial charge in [0.05, 0.1) is 5.69 Å². The first-order valence-corrected chi connectivity index (χ1v) is 7.35. The molecular formula is C17H16N6. The fraction of sp³-hybridized carbons (Fsp3) is 0.118. The minimum Gasteiger partial charge on any atom is -0.398 e. The summed E-state index contributed by atoms with van der Waals surface area (Å²) in [6, 6.07) is 9.85. The summed E-state index contributed by atoms with van der Waals surface area (Å²) < 4.78 is 3.91. The van der Waals surface area contributed by atoms with Crippen LogP contribution in [0.5, 0.6) is 0 Å². The minimum atomic E-state index is 0.753. The quantitative estimate of drug-likeness (QED) is 0.578. The molecule has 0 radical (unpaired) electrons. The summed E-state index contributed by atoms with van der Waals surface area (Å²) in [7, 11) is 0. The molecule has 0 atom stereocenters. The van der Waals surface area contributed by atoms with Crippen molar-refractivity contribution in [2.45, 2.75) is 13.8 Å². The van der Waals surface area contributed by atoms with E-state index < -0.39 is 0 Å². The van der Waals surface area contributed by atoms with Crippen LogP contribution >= 0.6 is 0 Å². The van der Waals surface area contributed by atoms with Gasteiger partial charge in [0.1, 0.15) is 17.0 Å². The topological polar surface area (TPSA) is 74.0 Å². The maximum absolute atomic E-state index is 6.08. The molecule has 0 fully saturated rings. The largest absolute Gasteiger partial charge is 0.398 e. The van der Waals surface area contributed by atoms with Crippen LogP contribution in [0.1, 0.15) is 11.1 Å². The number of nitrogens with two attached hydrogens (primary N) is 1. The average Bonchev–Trinajstić information content (AvgIpc) is 3.12. The van der Waals surface area contributed by atoms with E-state index in [1.165, 1.54) is 0 Å². The van der Waals surface area contributed by atoms with Crippen molar-refractivity contribution in [3.8, 4) is 17.1 Å². The van der Waals surface area contributed by atoms with E-state index in [1.54, 1.807) is 6.20 Å². The van der Waals surface area contributed by atoms with Gasteiger partial charge in [0.25, 0.3) is 0 Å². The number of aryl methyl sites for hydroxylation is 2. The molecule has 4 rings (SSSR count). The van der Waals surface area contributed by atoms with E-state index in [9.17, 15) is 0 Å². The number of imidazole rings is 1. The Labute approximate surface area is 133 Å². The maximum Gasteiger partial charge on any atom is 0.141 e. The van der Waals surface area contributed by atoms with E-state index in [0.717, 1.165) is 39.5 Å². The predicted octanol–water partition coefficient (Wildman–Crippen LogP) is 2.78. The van der Waals surface area contributed by atoms with E-state index in [2.05, 4.69) is 32.9 Å². The summed E-state index contributed by atoms with van der Waals surface area (Å²) in [6.07, 6.45) is 5.56. The van der Waals surface area contributed by atoms with Crippen molar-refractivity contribution in [3.05, 3.63) is 60.0 Å². The van der Waals surface area contributed by atoms with Crippen LogP contribution in [0.3, 0.4) is 0 Å². The molecule has 2 N–H and O–H groups in total. The van der Waals surface area contributed by atoms with Crippen molar-refractivity contribution in [3.63, 3.8) is 0 Å². The lowest BCUT2D eigenvalue weighted by atomic mass is 10.1. The van der Waals surface area contributed by atoms with Gasteiger partial charge in [-0.15, -0.1) is 5.10 Å². The number of nitrogen functional groups attached to an aromatic ring is 1. The van der Waals surface area contributed by atoms with Gasteiger partial charge in [0.15, 0.2) is 0 Å². The van der Waals surface area contributed by atoms with E-state index in [1.807, 2.05) is 48.1 Å². The van der Waals surface area contributed by atoms with E-state index in [4.69, 9.17) is 5.73 Å². The molecular weight excluding hydrogens is 288 g/mol. The van der Waals surface area contributed by atoms with Crippen LogP contribution in [-0.2, 0) is 0 Å². The number of hydrogen-bond donors (Lipinski definition) is 1. The number of rotatable bonds is 2. The Morgan fingerprint density at radius 3 is 2.65 bits per heavy atom. The summed E-state index contributed by atoms with van der Waals surface area (Å²) in [5, 5.41) is 12.6. The molecule has 3 heterocycles. The SMILES string of the molecule is Cc1cc(C)c(-n2ccn3nc(-c4cccnn4)cc23)cc1N. The van der Waals surface area contributed by atoms with Gasteiger partial charge in [-0.25, -0.2) is 4.52 Å². The van der Waals surface area contributed by atoms with Crippen LogP contribution < -0.4 is 5.73 Å². The van der Waals surface area contributed by atoms with Gasteiger partial charge in [-0.05, 0) is 43.2 Å². The first-order chi connectivity index (χ1) is 11.1. The van der Waals surface area contributed by atoms with E-state index in [-0.39, 0.29) is 0 Å². The number of aromatic nitrogens is 5. The molecule has 0 bridgehead atoms. The van der Waals surface area contributed by atoms with Crippen molar-refractivity contribution in [2.24, 2.45) is 0 Å². The number of nitrogens with zero attached hydrogens (tertiary/aromatic N) is 5. The molecule has 4 aromatic rings. The first-order valence-electron chi connectivity index (χ1n) is 7.35. The van der Waals surface area contributed by atoms with Gasteiger partial charge in [-0.3, -0.25) is 4.57 Å². The minimum absolute atomic E-state index is 0.753. The third-order valence-electron chi connectivity index (χ3n) is 4.00. The summed E-state index contributed by atoms with van der Waals surface area (Å²) in [5.41, 5.74) is 12.7. The zero-order valence-electron chi connectivity index (χ0n) is 12.9. The van der Waals surface area contributed by atoms with Crippen molar-refractivity contribution in [2.75, 3.05) is 5.73 Å². The molecule has 0 saturated heterocycles. The van der Waals surface area contributed by atoms with Crippen LogP contribution in [0.2, 0.25) is 0 Å². The van der Waals surface area contributed by atoms with Crippen LogP contribution in [-0.4, -0.2) is 24.4 Å². The van der Waals surface area contributed by atoms with Crippen LogP contribution in [0.25, 0.3) is 22.7 Å². The van der Waals surface area contributed by atoms with Crippen molar-refractivity contribution >= 4 is 11.3 Å². The van der Waals surface area contributed by atoms with Gasteiger partial charge < -0.3 is 5.73 Å². The van der Waals surface area contributed by atoms with E-state index >= 15 is 0 Å². The van der Waals surface area contributed by atoms with Gasteiger partial charge in [0.2, 0.25) is 0 Å². The van der Waals surface area contributed by atoms with Gasteiger partial charge in [-0.2, -0.15) is 10.2 Å². The van der Waals surface area contributed by atoms with Gasteiger partial charge >= 0.3 is 0 Å². The predicted molar refractivity (Wildman–Crippen MR) is 89.4 cm³/mol. The Kier molecular flexibility index (Phi) is 2.90. The summed E-state index contributed by atoms with van der Waals surface area (Å²) in [6.45, 7) is 4.10. The van der Waals surface area contributed by atoms with Crippen molar-refractivity contribution in [1.29, 1.82) is 0 Å². The third kappa shape index (κ3) is 2.15. The fourth-order valence-corrected chi connectivity index (χ4v) is 2.76. The summed E-state index contributed by atoms with van der Waals surface area (Å²) >= 11 is 0. The molecule has 1 aromatic carbocycles. The van der Waals surface area contributed by atoms with Crippen molar-refractivity contribution in [1.82, 2.24) is 24.4 Å². The molecule has 0 saturated carbocycles. The highest BCUT2D eigenvalue weighted by atomic mass is 15.3. The Hall–Kier alpha value is -3.15. The molecule has 6 nitrogen and oxygen atoms in total. The van der Waals surface area contributed by atoms with Crippen molar-refractivity contribution < 1.29 is 0 Å². The lowest BCUT2D eigenvalue weighted by Crippen LogP contribution is -1.99. The molecule has 0 unspecified atom stereocenters. The first kappa shape index (κ1) is 13.5. The highest BCUT2D eigenvalue weighted by Crippen LogP contribution is 2.25. The Balaban J connectivity index is 1.89. The summed E-state index contributed by atoms with van der Waals surface area (Å²) in [4.78, 5) is 0. The Morgan fingerprint density at radius 2 is 1.87 bits per heavy atom. The summed E-state index contributed by atoms with van der Waals surface area (Å²) in [5.74, 6) is 0. The Bertz CT molecular complexity index is 997. The van der Waals surface area contributed by atoms with Crippen LogP contribution in [0.15, 0.2) is 48.9 Å². The zero-order chi connectivity index (χ0) is 16.0. The molecule has 0 aliphatic heterocycles. The second kappa shape index (κ2) is 4.95. The fourth-order valence-electron chi connectivity index (χ4n) is 2.76. The number of anilines is 1. The molecule has 0 aliphatic carbocycles. The normalized spacial score (nSPS) is 11.2. The smallest absolute Gasteiger partial charge is 0.141 e. The number of hydrogen-bond acceptors (Lipinski definition) is 4. The third-order valence-corrected chi connectivity index (χ3v) is 4.00. The number of fused-ring (bicyclic) bond motifs is 1. The lowest BCUT2D eigenvalue weighted by Gasteiger charge is -2.11. The molecule has 3 aromatic heterocycles. The second-order valence-electron chi connectivity index (χ2n) is 5.60.